The molecule has 1 aromatic rings. The number of aliphatic imine (C=N–C) groups is 1. The second-order valence-electron chi connectivity index (χ2n) is 3.47. The molecule has 0 spiro atoms. The van der Waals surface area contributed by atoms with Crippen LogP contribution >= 0.6 is 12.2 Å². The minimum Gasteiger partial charge on any atom is -0.195 e. The van der Waals surface area contributed by atoms with Crippen LogP contribution in [0.2, 0.25) is 0 Å². The van der Waals surface area contributed by atoms with Gasteiger partial charge in [0.25, 0.3) is 0 Å². The Balaban J connectivity index is 2.75. The molecule has 0 heterocycles. The van der Waals surface area contributed by atoms with Gasteiger partial charge in [-0.05, 0) is 42.3 Å². The molecule has 2 heteroatoms. The highest BCUT2D eigenvalue weighted by atomic mass is 32.1. The summed E-state index contributed by atoms with van der Waals surface area (Å²) in [4.78, 5) is 3.89. The van der Waals surface area contributed by atoms with Crippen molar-refractivity contribution in [2.24, 2.45) is 10.9 Å². The highest BCUT2D eigenvalue weighted by Gasteiger charge is 1.96. The van der Waals surface area contributed by atoms with Crippen LogP contribution in [0.25, 0.3) is 0 Å². The van der Waals surface area contributed by atoms with Crippen LogP contribution in [0.1, 0.15) is 19.4 Å². The minimum atomic E-state index is 0.694. The average molecular weight is 191 g/mol. The highest BCUT2D eigenvalue weighted by molar-refractivity contribution is 7.78. The molecule has 1 aromatic carbocycles. The second kappa shape index (κ2) is 4.90. The van der Waals surface area contributed by atoms with Crippen molar-refractivity contribution in [1.29, 1.82) is 0 Å². The van der Waals surface area contributed by atoms with E-state index in [9.17, 15) is 0 Å². The van der Waals surface area contributed by atoms with Crippen LogP contribution in [0.3, 0.4) is 0 Å². The van der Waals surface area contributed by atoms with Gasteiger partial charge in [0.05, 0.1) is 10.8 Å². The Morgan fingerprint density at radius 3 is 2.38 bits per heavy atom. The molecule has 0 radical (unpaired) electrons. The zero-order valence-electron chi connectivity index (χ0n) is 7.95. The number of hydrogen-bond acceptors (Lipinski definition) is 2. The van der Waals surface area contributed by atoms with Crippen LogP contribution in [0.5, 0.6) is 0 Å². The normalized spacial score (nSPS) is 9.77. The van der Waals surface area contributed by atoms with Crippen molar-refractivity contribution < 1.29 is 0 Å². The van der Waals surface area contributed by atoms with Crippen molar-refractivity contribution in [3.05, 3.63) is 29.8 Å². The molecule has 0 atom stereocenters. The standard InChI is InChI=1S/C11H13NS/c1-9(2)7-10-3-5-11(6-4-10)12-8-13/h3-6,9H,7H2,1-2H3. The van der Waals surface area contributed by atoms with E-state index in [4.69, 9.17) is 0 Å². The Labute approximate surface area is 84.5 Å². The Bertz CT molecular complexity index is 307. The van der Waals surface area contributed by atoms with Gasteiger partial charge in [-0.15, -0.1) is 0 Å². The minimum absolute atomic E-state index is 0.694. The van der Waals surface area contributed by atoms with Gasteiger partial charge >= 0.3 is 0 Å². The number of hydrogen-bond donors (Lipinski definition) is 0. The van der Waals surface area contributed by atoms with E-state index in [2.05, 4.69) is 48.4 Å². The second-order valence-corrected chi connectivity index (χ2v) is 3.65. The summed E-state index contributed by atoms with van der Waals surface area (Å²) < 4.78 is 0. The van der Waals surface area contributed by atoms with Gasteiger partial charge in [0.2, 0.25) is 0 Å². The van der Waals surface area contributed by atoms with Crippen LogP contribution in [0.4, 0.5) is 5.69 Å². The monoisotopic (exact) mass is 191 g/mol. The quantitative estimate of drug-likeness (QED) is 0.525. The molecule has 0 aromatic heterocycles. The average Bonchev–Trinajstić information content (AvgIpc) is 2.08. The molecule has 0 aliphatic heterocycles. The third-order valence-corrected chi connectivity index (χ3v) is 1.85. The molecule has 0 aliphatic carbocycles. The summed E-state index contributed by atoms with van der Waals surface area (Å²) >= 11 is 4.52. The summed E-state index contributed by atoms with van der Waals surface area (Å²) in [5, 5.41) is 2.35. The molecule has 0 amide bonds. The highest BCUT2D eigenvalue weighted by Crippen LogP contribution is 2.14. The van der Waals surface area contributed by atoms with Crippen LogP contribution < -0.4 is 0 Å². The molecule has 1 rings (SSSR count). The Morgan fingerprint density at radius 1 is 1.31 bits per heavy atom. The van der Waals surface area contributed by atoms with Gasteiger partial charge in [-0.2, -0.15) is 4.99 Å². The Kier molecular flexibility index (Phi) is 3.81. The van der Waals surface area contributed by atoms with E-state index in [1.807, 2.05) is 12.1 Å². The molecular formula is C11H13NS. The zero-order valence-corrected chi connectivity index (χ0v) is 8.77. The van der Waals surface area contributed by atoms with Crippen molar-refractivity contribution in [2.45, 2.75) is 20.3 Å². The summed E-state index contributed by atoms with van der Waals surface area (Å²) in [6.07, 6.45) is 1.11. The predicted molar refractivity (Wildman–Crippen MR) is 59.7 cm³/mol. The summed E-state index contributed by atoms with van der Waals surface area (Å²) in [7, 11) is 0. The molecule has 0 unspecified atom stereocenters. The largest absolute Gasteiger partial charge is 0.195 e. The number of thiocarbonyl (C=S) groups is 1. The topological polar surface area (TPSA) is 12.4 Å². The third-order valence-electron chi connectivity index (χ3n) is 1.76. The molecule has 0 N–H and O–H groups in total. The van der Waals surface area contributed by atoms with Gasteiger partial charge in [0.1, 0.15) is 0 Å². The van der Waals surface area contributed by atoms with Gasteiger partial charge in [-0.3, -0.25) is 0 Å². The van der Waals surface area contributed by atoms with Crippen molar-refractivity contribution in [3.8, 4) is 0 Å². The SMILES string of the molecule is CC(C)Cc1ccc(N=C=S)cc1. The number of isothiocyanates is 1. The maximum Gasteiger partial charge on any atom is 0.0739 e. The van der Waals surface area contributed by atoms with E-state index in [0.717, 1.165) is 12.1 Å². The van der Waals surface area contributed by atoms with Crippen molar-refractivity contribution in [3.63, 3.8) is 0 Å². The maximum absolute atomic E-state index is 4.52. The lowest BCUT2D eigenvalue weighted by Crippen LogP contribution is -1.92. The first-order valence-corrected chi connectivity index (χ1v) is 4.80. The molecular weight excluding hydrogens is 178 g/mol. The van der Waals surface area contributed by atoms with Crippen LogP contribution in [0, 0.1) is 5.92 Å². The smallest absolute Gasteiger partial charge is 0.0739 e. The Hall–Kier alpha value is -0.980. The maximum atomic E-state index is 4.52. The molecule has 13 heavy (non-hydrogen) atoms. The molecule has 0 bridgehead atoms. The first-order valence-electron chi connectivity index (χ1n) is 4.39. The van der Waals surface area contributed by atoms with Gasteiger partial charge in [0.15, 0.2) is 0 Å². The lowest BCUT2D eigenvalue weighted by molar-refractivity contribution is 0.647. The first kappa shape index (κ1) is 10.1. The number of rotatable bonds is 3. The summed E-state index contributed by atoms with van der Waals surface area (Å²) in [6.45, 7) is 4.42. The van der Waals surface area contributed by atoms with Crippen molar-refractivity contribution >= 4 is 23.1 Å². The molecule has 0 saturated heterocycles. The third kappa shape index (κ3) is 3.49. The van der Waals surface area contributed by atoms with Crippen molar-refractivity contribution in [1.82, 2.24) is 0 Å². The molecule has 0 saturated carbocycles. The van der Waals surface area contributed by atoms with Crippen LogP contribution in [0.15, 0.2) is 29.3 Å². The summed E-state index contributed by atoms with van der Waals surface area (Å²) in [5.74, 6) is 0.694. The van der Waals surface area contributed by atoms with Crippen molar-refractivity contribution in [2.75, 3.05) is 0 Å². The van der Waals surface area contributed by atoms with Gasteiger partial charge in [-0.25, -0.2) is 0 Å². The van der Waals surface area contributed by atoms with E-state index >= 15 is 0 Å². The van der Waals surface area contributed by atoms with E-state index < -0.39 is 0 Å². The molecule has 0 aliphatic rings. The van der Waals surface area contributed by atoms with E-state index in [1.165, 1.54) is 5.56 Å². The van der Waals surface area contributed by atoms with Gasteiger partial charge < -0.3 is 0 Å². The summed E-state index contributed by atoms with van der Waals surface area (Å²) in [6, 6.07) is 8.12. The van der Waals surface area contributed by atoms with E-state index in [1.54, 1.807) is 0 Å². The Morgan fingerprint density at radius 2 is 1.92 bits per heavy atom. The van der Waals surface area contributed by atoms with E-state index in [-0.39, 0.29) is 0 Å². The zero-order chi connectivity index (χ0) is 9.68. The molecule has 0 fully saturated rings. The lowest BCUT2D eigenvalue weighted by atomic mass is 10.0. The van der Waals surface area contributed by atoms with Gasteiger partial charge in [0, 0.05) is 0 Å². The first-order chi connectivity index (χ1) is 6.22. The van der Waals surface area contributed by atoms with E-state index in [0.29, 0.717) is 5.92 Å². The fourth-order valence-electron chi connectivity index (χ4n) is 1.23. The van der Waals surface area contributed by atoms with Crippen LogP contribution in [-0.2, 0) is 6.42 Å². The summed E-state index contributed by atoms with van der Waals surface area (Å²) in [5.41, 5.74) is 2.22. The lowest BCUT2D eigenvalue weighted by Gasteiger charge is -2.03. The van der Waals surface area contributed by atoms with Gasteiger partial charge in [-0.1, -0.05) is 26.0 Å². The molecule has 1 nitrogen and oxygen atoms in total. The molecule has 68 valence electrons. The predicted octanol–water partition coefficient (Wildman–Crippen LogP) is 3.62. The fraction of sp³-hybridized carbons (Fsp3) is 0.364. The number of benzene rings is 1. The van der Waals surface area contributed by atoms with Crippen LogP contribution in [-0.4, -0.2) is 5.16 Å². The fourth-order valence-corrected chi connectivity index (χ4v) is 1.34. The number of nitrogens with zero attached hydrogens (tertiary/aromatic N) is 1.